The van der Waals surface area contributed by atoms with Gasteiger partial charge in [-0.3, -0.25) is 9.69 Å². The average molecular weight is 378 g/mol. The van der Waals surface area contributed by atoms with Crippen molar-refractivity contribution in [3.8, 4) is 0 Å². The number of anilines is 1. The van der Waals surface area contributed by atoms with E-state index >= 15 is 0 Å². The summed E-state index contributed by atoms with van der Waals surface area (Å²) in [6.07, 6.45) is 6.21. The predicted molar refractivity (Wildman–Crippen MR) is 100 cm³/mol. The fraction of sp³-hybridized carbons (Fsp3) is 0.700. The number of hydrogen-bond donors (Lipinski definition) is 1. The molecule has 1 aliphatic carbocycles. The van der Waals surface area contributed by atoms with Gasteiger partial charge in [0.2, 0.25) is 0 Å². The fourth-order valence-electron chi connectivity index (χ4n) is 4.81. The Morgan fingerprint density at radius 2 is 1.74 bits per heavy atom. The van der Waals surface area contributed by atoms with Crippen LogP contribution in [0.15, 0.2) is 18.3 Å². The van der Waals surface area contributed by atoms with Gasteiger partial charge in [0, 0.05) is 45.2 Å². The SMILES string of the molecule is CNC(=O)c1ccc(N2CCC3(CC2)CCN(C2CC(F)(F)C2)CC3)nc1. The highest BCUT2D eigenvalue weighted by Crippen LogP contribution is 2.46. The van der Waals surface area contributed by atoms with Gasteiger partial charge in [0.1, 0.15) is 5.82 Å². The van der Waals surface area contributed by atoms with Crippen molar-refractivity contribution in [2.24, 2.45) is 5.41 Å². The molecule has 1 aromatic rings. The van der Waals surface area contributed by atoms with Crippen LogP contribution in [0.4, 0.5) is 14.6 Å². The number of nitrogens with zero attached hydrogens (tertiary/aromatic N) is 3. The van der Waals surface area contributed by atoms with Crippen LogP contribution in [0.5, 0.6) is 0 Å². The minimum Gasteiger partial charge on any atom is -0.357 e. The van der Waals surface area contributed by atoms with Crippen LogP contribution in [0.25, 0.3) is 0 Å². The largest absolute Gasteiger partial charge is 0.357 e. The van der Waals surface area contributed by atoms with Crippen molar-refractivity contribution in [3.05, 3.63) is 23.9 Å². The maximum absolute atomic E-state index is 13.1. The molecule has 0 atom stereocenters. The van der Waals surface area contributed by atoms with Crippen molar-refractivity contribution < 1.29 is 13.6 Å². The molecule has 2 saturated heterocycles. The van der Waals surface area contributed by atoms with E-state index in [0.29, 0.717) is 11.0 Å². The molecule has 3 aliphatic rings. The molecule has 1 aromatic heterocycles. The quantitative estimate of drug-likeness (QED) is 0.879. The lowest BCUT2D eigenvalue weighted by molar-refractivity contribution is -0.132. The summed E-state index contributed by atoms with van der Waals surface area (Å²) in [7, 11) is 1.61. The third-order valence-electron chi connectivity index (χ3n) is 6.83. The molecular weight excluding hydrogens is 350 g/mol. The van der Waals surface area contributed by atoms with Crippen molar-refractivity contribution >= 4 is 11.7 Å². The van der Waals surface area contributed by atoms with E-state index in [9.17, 15) is 13.6 Å². The average Bonchev–Trinajstić information content (AvgIpc) is 2.67. The molecule has 0 aromatic carbocycles. The molecule has 148 valence electrons. The van der Waals surface area contributed by atoms with Crippen LogP contribution in [0.3, 0.4) is 0 Å². The Balaban J connectivity index is 1.28. The molecule has 4 rings (SSSR count). The molecular formula is C20H28F2N4O. The highest BCUT2D eigenvalue weighted by atomic mass is 19.3. The van der Waals surface area contributed by atoms with Gasteiger partial charge in [-0.1, -0.05) is 0 Å². The second kappa shape index (κ2) is 7.00. The van der Waals surface area contributed by atoms with Crippen molar-refractivity contribution in [1.82, 2.24) is 15.2 Å². The lowest BCUT2D eigenvalue weighted by Gasteiger charge is -2.51. The first kappa shape index (κ1) is 18.6. The molecule has 0 unspecified atom stereocenters. The van der Waals surface area contributed by atoms with Gasteiger partial charge in [-0.25, -0.2) is 13.8 Å². The van der Waals surface area contributed by atoms with Crippen LogP contribution in [-0.4, -0.2) is 61.0 Å². The Labute approximate surface area is 159 Å². The van der Waals surface area contributed by atoms with Crippen molar-refractivity contribution in [3.63, 3.8) is 0 Å². The van der Waals surface area contributed by atoms with Crippen LogP contribution in [-0.2, 0) is 0 Å². The van der Waals surface area contributed by atoms with Gasteiger partial charge < -0.3 is 10.2 Å². The molecule has 2 aliphatic heterocycles. The van der Waals surface area contributed by atoms with E-state index in [1.54, 1.807) is 13.2 Å². The Kier molecular flexibility index (Phi) is 4.82. The summed E-state index contributed by atoms with van der Waals surface area (Å²) in [5.74, 6) is -1.62. The zero-order chi connectivity index (χ0) is 19.1. The fourth-order valence-corrected chi connectivity index (χ4v) is 4.81. The van der Waals surface area contributed by atoms with Crippen LogP contribution < -0.4 is 10.2 Å². The standard InChI is InChI=1S/C20H28F2N4O/c1-23-18(27)15-2-3-17(24-14-15)26-10-6-19(7-11-26)4-8-25(9-5-19)16-12-20(21,22)13-16/h2-3,14,16H,4-13H2,1H3,(H,23,27). The Morgan fingerprint density at radius 3 is 2.26 bits per heavy atom. The van der Waals surface area contributed by atoms with Gasteiger partial charge in [0.15, 0.2) is 0 Å². The number of carbonyl (C=O) groups is 1. The molecule has 5 nitrogen and oxygen atoms in total. The van der Waals surface area contributed by atoms with Gasteiger partial charge >= 0.3 is 0 Å². The number of amides is 1. The van der Waals surface area contributed by atoms with E-state index in [1.807, 2.05) is 12.1 Å². The third-order valence-corrected chi connectivity index (χ3v) is 6.83. The number of aromatic nitrogens is 1. The highest BCUT2D eigenvalue weighted by molar-refractivity contribution is 5.93. The molecule has 3 fully saturated rings. The maximum Gasteiger partial charge on any atom is 0.252 e. The number of likely N-dealkylation sites (tertiary alicyclic amines) is 1. The zero-order valence-electron chi connectivity index (χ0n) is 15.9. The number of rotatable bonds is 3. The van der Waals surface area contributed by atoms with E-state index < -0.39 is 5.92 Å². The zero-order valence-corrected chi connectivity index (χ0v) is 15.9. The summed E-state index contributed by atoms with van der Waals surface area (Å²) >= 11 is 0. The Hall–Kier alpha value is -1.76. The molecule has 1 amide bonds. The van der Waals surface area contributed by atoms with E-state index in [2.05, 4.69) is 20.1 Å². The summed E-state index contributed by atoms with van der Waals surface area (Å²) in [6.45, 7) is 3.85. The minimum atomic E-state index is -2.43. The normalized spacial score (nSPS) is 25.2. The summed E-state index contributed by atoms with van der Waals surface area (Å²) in [4.78, 5) is 20.7. The Bertz CT molecular complexity index is 668. The van der Waals surface area contributed by atoms with Gasteiger partial charge in [-0.15, -0.1) is 0 Å². The topological polar surface area (TPSA) is 48.5 Å². The maximum atomic E-state index is 13.1. The first-order chi connectivity index (χ1) is 12.9. The summed E-state index contributed by atoms with van der Waals surface area (Å²) < 4.78 is 26.2. The molecule has 7 heteroatoms. The van der Waals surface area contributed by atoms with Gasteiger partial charge in [0.25, 0.3) is 11.8 Å². The number of piperidine rings is 2. The summed E-state index contributed by atoms with van der Waals surface area (Å²) in [6, 6.07) is 3.83. The molecule has 0 radical (unpaired) electrons. The molecule has 3 heterocycles. The third kappa shape index (κ3) is 3.79. The first-order valence-corrected chi connectivity index (χ1v) is 9.95. The van der Waals surface area contributed by atoms with Gasteiger partial charge in [-0.05, 0) is 56.3 Å². The second-order valence-electron chi connectivity index (χ2n) is 8.43. The lowest BCUT2D eigenvalue weighted by Crippen LogP contribution is -2.55. The number of pyridine rings is 1. The Morgan fingerprint density at radius 1 is 1.11 bits per heavy atom. The van der Waals surface area contributed by atoms with E-state index in [0.717, 1.165) is 57.7 Å². The van der Waals surface area contributed by atoms with E-state index in [1.165, 1.54) is 0 Å². The number of hydrogen-bond acceptors (Lipinski definition) is 4. The minimum absolute atomic E-state index is 0.0471. The number of nitrogens with one attached hydrogen (secondary N) is 1. The van der Waals surface area contributed by atoms with Crippen LogP contribution >= 0.6 is 0 Å². The van der Waals surface area contributed by atoms with E-state index in [4.69, 9.17) is 0 Å². The lowest BCUT2D eigenvalue weighted by atomic mass is 9.70. The second-order valence-corrected chi connectivity index (χ2v) is 8.43. The summed E-state index contributed by atoms with van der Waals surface area (Å²) in [5.41, 5.74) is 0.935. The first-order valence-electron chi connectivity index (χ1n) is 9.95. The smallest absolute Gasteiger partial charge is 0.252 e. The predicted octanol–water partition coefficient (Wildman–Crippen LogP) is 2.92. The van der Waals surface area contributed by atoms with Gasteiger partial charge in [0.05, 0.1) is 5.56 Å². The van der Waals surface area contributed by atoms with Gasteiger partial charge in [-0.2, -0.15) is 0 Å². The van der Waals surface area contributed by atoms with Crippen LogP contribution in [0.2, 0.25) is 0 Å². The summed E-state index contributed by atoms with van der Waals surface area (Å²) in [5, 5.41) is 2.61. The highest BCUT2D eigenvalue weighted by Gasteiger charge is 2.49. The number of halogens is 2. The molecule has 0 bridgehead atoms. The number of alkyl halides is 2. The van der Waals surface area contributed by atoms with Crippen molar-refractivity contribution in [1.29, 1.82) is 0 Å². The van der Waals surface area contributed by atoms with Crippen LogP contribution in [0, 0.1) is 5.41 Å². The molecule has 1 N–H and O–H groups in total. The van der Waals surface area contributed by atoms with E-state index in [-0.39, 0.29) is 24.8 Å². The molecule has 1 saturated carbocycles. The molecule has 27 heavy (non-hydrogen) atoms. The van der Waals surface area contributed by atoms with Crippen molar-refractivity contribution in [2.75, 3.05) is 38.1 Å². The van der Waals surface area contributed by atoms with Crippen molar-refractivity contribution in [2.45, 2.75) is 50.5 Å². The van der Waals surface area contributed by atoms with Crippen LogP contribution in [0.1, 0.15) is 48.9 Å². The monoisotopic (exact) mass is 378 g/mol. The molecule has 1 spiro atoms. The number of carbonyl (C=O) groups excluding carboxylic acids is 1.